The van der Waals surface area contributed by atoms with Crippen LogP contribution in [0.2, 0.25) is 5.02 Å². The smallest absolute Gasteiger partial charge is 0.355 e. The Kier molecular flexibility index (Phi) is 4.96. The number of rotatable bonds is 4. The van der Waals surface area contributed by atoms with E-state index < -0.39 is 5.91 Å². The minimum absolute atomic E-state index is 0.164. The second-order valence-electron chi connectivity index (χ2n) is 6.67. The van der Waals surface area contributed by atoms with E-state index in [4.69, 9.17) is 11.6 Å². The second kappa shape index (κ2) is 7.60. The third kappa shape index (κ3) is 3.39. The van der Waals surface area contributed by atoms with Crippen LogP contribution in [-0.4, -0.2) is 38.0 Å². The summed E-state index contributed by atoms with van der Waals surface area (Å²) in [4.78, 5) is 29.6. The summed E-state index contributed by atoms with van der Waals surface area (Å²) in [6, 6.07) is 9.20. The number of benzene rings is 1. The van der Waals surface area contributed by atoms with E-state index in [9.17, 15) is 9.59 Å². The number of aromatic nitrogens is 5. The van der Waals surface area contributed by atoms with Crippen LogP contribution >= 0.6 is 11.6 Å². The number of hydrogen-bond acceptors (Lipinski definition) is 4. The maximum absolute atomic E-state index is 12.9. The Hall–Kier alpha value is -3.72. The van der Waals surface area contributed by atoms with Gasteiger partial charge in [0.05, 0.1) is 31.2 Å². The van der Waals surface area contributed by atoms with Crippen molar-refractivity contribution in [2.75, 3.05) is 12.4 Å². The number of amides is 2. The fraction of sp³-hybridized carbons (Fsp3) is 0.150. The van der Waals surface area contributed by atoms with Gasteiger partial charge in [-0.2, -0.15) is 5.10 Å². The first-order valence-electron chi connectivity index (χ1n) is 9.08. The SMILES string of the molecule is CNC(=O)c1cnn(C)c1C(=O)Nc1ccn2cc(-c3cccc(Cl)c3)nc2[n+]1C. The van der Waals surface area contributed by atoms with Crippen LogP contribution in [0.1, 0.15) is 20.8 Å². The summed E-state index contributed by atoms with van der Waals surface area (Å²) in [5, 5.41) is 10.00. The van der Waals surface area contributed by atoms with Gasteiger partial charge in [-0.05, 0) is 12.1 Å². The molecule has 152 valence electrons. The predicted molar refractivity (Wildman–Crippen MR) is 111 cm³/mol. The molecule has 0 unspecified atom stereocenters. The van der Waals surface area contributed by atoms with Gasteiger partial charge in [-0.15, -0.1) is 4.98 Å². The van der Waals surface area contributed by atoms with Gasteiger partial charge in [0.1, 0.15) is 0 Å². The average molecular weight is 425 g/mol. The van der Waals surface area contributed by atoms with E-state index in [1.807, 2.05) is 28.8 Å². The van der Waals surface area contributed by atoms with Gasteiger partial charge in [0.2, 0.25) is 5.82 Å². The molecule has 3 aromatic heterocycles. The molecular weight excluding hydrogens is 406 g/mol. The van der Waals surface area contributed by atoms with Gasteiger partial charge in [0.25, 0.3) is 5.91 Å². The van der Waals surface area contributed by atoms with Crippen molar-refractivity contribution in [3.8, 4) is 11.3 Å². The zero-order chi connectivity index (χ0) is 21.4. The summed E-state index contributed by atoms with van der Waals surface area (Å²) in [5.74, 6) is 0.307. The number of imidazole rings is 1. The first-order valence-corrected chi connectivity index (χ1v) is 9.46. The molecule has 0 fully saturated rings. The topological polar surface area (TPSA) is 97.2 Å². The van der Waals surface area contributed by atoms with Crippen LogP contribution in [0.25, 0.3) is 17.0 Å². The number of fused-ring (bicyclic) bond motifs is 1. The van der Waals surface area contributed by atoms with Crippen molar-refractivity contribution in [3.63, 3.8) is 0 Å². The molecule has 0 aliphatic heterocycles. The van der Waals surface area contributed by atoms with Crippen LogP contribution in [-0.2, 0) is 14.1 Å². The number of hydrogen-bond donors (Lipinski definition) is 2. The summed E-state index contributed by atoms with van der Waals surface area (Å²) in [6.45, 7) is 0. The van der Waals surface area contributed by atoms with E-state index in [0.717, 1.165) is 11.3 Å². The Balaban J connectivity index is 1.69. The summed E-state index contributed by atoms with van der Waals surface area (Å²) < 4.78 is 4.97. The summed E-state index contributed by atoms with van der Waals surface area (Å²) in [6.07, 6.45) is 5.05. The van der Waals surface area contributed by atoms with Crippen molar-refractivity contribution < 1.29 is 14.2 Å². The zero-order valence-electron chi connectivity index (χ0n) is 16.5. The summed E-state index contributed by atoms with van der Waals surface area (Å²) >= 11 is 6.09. The summed E-state index contributed by atoms with van der Waals surface area (Å²) in [7, 11) is 4.90. The molecular formula is C20H19ClN7O2+. The Bertz CT molecular complexity index is 1290. The van der Waals surface area contributed by atoms with Gasteiger partial charge < -0.3 is 5.32 Å². The predicted octanol–water partition coefficient (Wildman–Crippen LogP) is 1.82. The first-order chi connectivity index (χ1) is 14.4. The van der Waals surface area contributed by atoms with Crippen LogP contribution in [0.15, 0.2) is 48.9 Å². The number of carbonyl (C=O) groups excluding carboxylic acids is 2. The van der Waals surface area contributed by atoms with E-state index in [2.05, 4.69) is 20.7 Å². The van der Waals surface area contributed by atoms with E-state index >= 15 is 0 Å². The number of aryl methyl sites for hydroxylation is 2. The number of carbonyl (C=O) groups is 2. The highest BCUT2D eigenvalue weighted by Crippen LogP contribution is 2.22. The van der Waals surface area contributed by atoms with E-state index in [-0.39, 0.29) is 17.2 Å². The lowest BCUT2D eigenvalue weighted by Gasteiger charge is -2.07. The maximum atomic E-state index is 12.9. The molecule has 3 heterocycles. The van der Waals surface area contributed by atoms with Gasteiger partial charge in [-0.3, -0.25) is 19.6 Å². The van der Waals surface area contributed by atoms with Gasteiger partial charge in [-0.25, -0.2) is 8.97 Å². The Labute approximate surface area is 176 Å². The Morgan fingerprint density at radius 2 is 2.00 bits per heavy atom. The van der Waals surface area contributed by atoms with Gasteiger partial charge >= 0.3 is 11.7 Å². The van der Waals surface area contributed by atoms with Crippen LogP contribution < -0.4 is 15.2 Å². The molecule has 1 aromatic carbocycles. The van der Waals surface area contributed by atoms with Crippen molar-refractivity contribution in [1.29, 1.82) is 0 Å². The molecule has 2 amide bonds. The highest BCUT2D eigenvalue weighted by molar-refractivity contribution is 6.30. The molecule has 4 aromatic rings. The van der Waals surface area contributed by atoms with Crippen LogP contribution in [0, 0.1) is 0 Å². The lowest BCUT2D eigenvalue weighted by Crippen LogP contribution is -2.37. The highest BCUT2D eigenvalue weighted by atomic mass is 35.5. The first kappa shape index (κ1) is 19.6. The van der Waals surface area contributed by atoms with Crippen molar-refractivity contribution in [2.24, 2.45) is 14.1 Å². The molecule has 30 heavy (non-hydrogen) atoms. The second-order valence-corrected chi connectivity index (χ2v) is 7.10. The lowest BCUT2D eigenvalue weighted by molar-refractivity contribution is -0.635. The average Bonchev–Trinajstić information content (AvgIpc) is 3.34. The monoisotopic (exact) mass is 424 g/mol. The quantitative estimate of drug-likeness (QED) is 0.488. The van der Waals surface area contributed by atoms with Crippen molar-refractivity contribution in [1.82, 2.24) is 24.5 Å². The molecule has 0 bridgehead atoms. The highest BCUT2D eigenvalue weighted by Gasteiger charge is 2.25. The largest absolute Gasteiger partial charge is 0.359 e. The minimum atomic E-state index is -0.449. The third-order valence-electron chi connectivity index (χ3n) is 4.75. The fourth-order valence-corrected chi connectivity index (χ4v) is 3.40. The van der Waals surface area contributed by atoms with E-state index in [1.165, 1.54) is 17.9 Å². The summed E-state index contributed by atoms with van der Waals surface area (Å²) in [5.41, 5.74) is 2.01. The molecule has 4 rings (SSSR count). The van der Waals surface area contributed by atoms with Crippen molar-refractivity contribution in [3.05, 3.63) is 65.2 Å². The molecule has 2 N–H and O–H groups in total. The number of nitrogens with one attached hydrogen (secondary N) is 2. The number of halogens is 1. The Morgan fingerprint density at radius 1 is 1.20 bits per heavy atom. The molecule has 0 saturated carbocycles. The van der Waals surface area contributed by atoms with Crippen molar-refractivity contribution in [2.45, 2.75) is 0 Å². The van der Waals surface area contributed by atoms with Crippen LogP contribution in [0.5, 0.6) is 0 Å². The molecule has 10 heteroatoms. The van der Waals surface area contributed by atoms with E-state index in [1.54, 1.807) is 37.0 Å². The van der Waals surface area contributed by atoms with Crippen LogP contribution in [0.3, 0.4) is 0 Å². The third-order valence-corrected chi connectivity index (χ3v) is 4.99. The molecule has 0 spiro atoms. The minimum Gasteiger partial charge on any atom is -0.355 e. The zero-order valence-corrected chi connectivity index (χ0v) is 17.3. The number of anilines is 1. The maximum Gasteiger partial charge on any atom is 0.359 e. The van der Waals surface area contributed by atoms with Gasteiger partial charge in [-0.1, -0.05) is 23.7 Å². The molecule has 0 radical (unpaired) electrons. The molecule has 0 aliphatic rings. The van der Waals surface area contributed by atoms with Crippen molar-refractivity contribution >= 4 is 35.0 Å². The van der Waals surface area contributed by atoms with Crippen LogP contribution in [0.4, 0.5) is 5.82 Å². The van der Waals surface area contributed by atoms with Gasteiger partial charge in [0, 0.05) is 30.7 Å². The fourth-order valence-electron chi connectivity index (χ4n) is 3.21. The standard InChI is InChI=1S/C20H18ClN7O2/c1-22-18(29)14-10-23-27(3)17(14)19(30)25-16-7-8-28-11-15(24-20(28)26(16)2)12-5-4-6-13(21)9-12/h4-11H,1-3H3,(H,22,29)/p+1. The molecule has 0 aliphatic carbocycles. The number of nitrogens with zero attached hydrogens (tertiary/aromatic N) is 5. The normalized spacial score (nSPS) is 10.9. The molecule has 0 atom stereocenters. The van der Waals surface area contributed by atoms with Gasteiger partial charge in [0.15, 0.2) is 11.4 Å². The molecule has 0 saturated heterocycles. The Morgan fingerprint density at radius 3 is 2.73 bits per heavy atom. The van der Waals surface area contributed by atoms with E-state index in [0.29, 0.717) is 16.6 Å². The lowest BCUT2D eigenvalue weighted by atomic mass is 10.2. The molecule has 9 nitrogen and oxygen atoms in total.